The first-order valence-corrected chi connectivity index (χ1v) is 13.5. The molecule has 0 bridgehead atoms. The average molecular weight is 604 g/mol. The molecule has 1 aliphatic rings. The van der Waals surface area contributed by atoms with Gasteiger partial charge in [-0.3, -0.25) is 9.69 Å². The fraction of sp³-hybridized carbons (Fsp3) is 0.333. The highest BCUT2D eigenvalue weighted by Gasteiger charge is 2.22. The van der Waals surface area contributed by atoms with Crippen LogP contribution in [0.15, 0.2) is 42.7 Å². The number of carbonyl (C=O) groups is 2. The third kappa shape index (κ3) is 7.20. The number of hydroxylamine groups is 2. The molecule has 0 unspecified atom stereocenters. The number of aromatic nitrogens is 2. The van der Waals surface area contributed by atoms with Crippen LogP contribution in [0.2, 0.25) is 10.0 Å². The quantitative estimate of drug-likeness (QED) is 0.337. The number of hydrogen-bond donors (Lipinski definition) is 2. The van der Waals surface area contributed by atoms with Crippen LogP contribution in [0.1, 0.15) is 13.3 Å². The molecule has 0 spiro atoms. The number of methoxy groups -OCH3 is 2. The van der Waals surface area contributed by atoms with Gasteiger partial charge in [0.05, 0.1) is 33.0 Å². The minimum absolute atomic E-state index is 0.135. The fourth-order valence-corrected chi connectivity index (χ4v) is 4.63. The van der Waals surface area contributed by atoms with Crippen molar-refractivity contribution in [2.45, 2.75) is 13.3 Å². The summed E-state index contributed by atoms with van der Waals surface area (Å²) in [5.41, 5.74) is 2.02. The van der Waals surface area contributed by atoms with Gasteiger partial charge in [0, 0.05) is 50.1 Å². The first-order chi connectivity index (χ1) is 19.7. The maximum Gasteiger partial charge on any atom is 0.327 e. The minimum atomic E-state index is -0.539. The van der Waals surface area contributed by atoms with E-state index in [2.05, 4.69) is 25.5 Å². The molecule has 1 aliphatic heterocycles. The lowest BCUT2D eigenvalue weighted by molar-refractivity contribution is -0.191. The molecule has 4 rings (SSSR count). The van der Waals surface area contributed by atoms with Crippen molar-refractivity contribution in [3.63, 3.8) is 0 Å². The maximum atomic E-state index is 13.1. The van der Waals surface area contributed by atoms with E-state index < -0.39 is 6.03 Å². The van der Waals surface area contributed by atoms with E-state index in [1.165, 1.54) is 31.5 Å². The molecule has 0 saturated carbocycles. The number of nitrogens with one attached hydrogen (secondary N) is 2. The normalized spacial score (nSPS) is 13.4. The van der Waals surface area contributed by atoms with Crippen molar-refractivity contribution in [1.82, 2.24) is 15.0 Å². The Bertz CT molecular complexity index is 1360. The molecule has 2 N–H and O–H groups in total. The van der Waals surface area contributed by atoms with E-state index in [1.54, 1.807) is 25.1 Å². The predicted octanol–water partition coefficient (Wildman–Crippen LogP) is 5.20. The second kappa shape index (κ2) is 13.6. The molecule has 14 heteroatoms. The van der Waals surface area contributed by atoms with Gasteiger partial charge in [0.2, 0.25) is 0 Å². The van der Waals surface area contributed by atoms with Crippen LogP contribution in [0.4, 0.5) is 33.5 Å². The molecule has 2 amide bonds. The number of anilines is 5. The summed E-state index contributed by atoms with van der Waals surface area (Å²) >= 11 is 12.8. The summed E-state index contributed by atoms with van der Waals surface area (Å²) in [5, 5.41) is 7.91. The zero-order chi connectivity index (χ0) is 29.5. The Labute approximate surface area is 248 Å². The summed E-state index contributed by atoms with van der Waals surface area (Å²) in [4.78, 5) is 41.9. The van der Waals surface area contributed by atoms with E-state index >= 15 is 0 Å². The van der Waals surface area contributed by atoms with Gasteiger partial charge in [0.1, 0.15) is 39.5 Å². The summed E-state index contributed by atoms with van der Waals surface area (Å²) in [7, 11) is 4.45. The van der Waals surface area contributed by atoms with E-state index in [-0.39, 0.29) is 21.7 Å². The van der Waals surface area contributed by atoms with Crippen LogP contribution in [0, 0.1) is 0 Å². The SMILES string of the molecule is CCC(=O)ON1CCN(c2ccc(Nc3cc(N(C)C(=O)Nc4c(Cl)c(OC)cc(OC)c4Cl)ncn3)cc2)CC1. The molecular formula is C27H31Cl2N7O5. The van der Waals surface area contributed by atoms with Crippen molar-refractivity contribution < 1.29 is 23.9 Å². The van der Waals surface area contributed by atoms with Crippen LogP contribution in [0.3, 0.4) is 0 Å². The maximum absolute atomic E-state index is 13.1. The molecule has 3 aromatic rings. The lowest BCUT2D eigenvalue weighted by atomic mass is 10.2. The lowest BCUT2D eigenvalue weighted by Gasteiger charge is -2.34. The third-order valence-electron chi connectivity index (χ3n) is 6.37. The molecule has 12 nitrogen and oxygen atoms in total. The van der Waals surface area contributed by atoms with Crippen molar-refractivity contribution in [2.75, 3.05) is 67.9 Å². The number of hydrogen-bond acceptors (Lipinski definition) is 10. The third-order valence-corrected chi connectivity index (χ3v) is 7.12. The van der Waals surface area contributed by atoms with Gasteiger partial charge in [-0.25, -0.2) is 14.8 Å². The highest BCUT2D eigenvalue weighted by molar-refractivity contribution is 6.41. The van der Waals surface area contributed by atoms with Crippen LogP contribution in [-0.4, -0.2) is 74.5 Å². The Kier molecular flexibility index (Phi) is 9.92. The largest absolute Gasteiger partial charge is 0.495 e. The summed E-state index contributed by atoms with van der Waals surface area (Å²) in [5.74, 6) is 1.20. The number of amides is 2. The Balaban J connectivity index is 1.39. The van der Waals surface area contributed by atoms with E-state index in [0.29, 0.717) is 42.6 Å². The highest BCUT2D eigenvalue weighted by atomic mass is 35.5. The van der Waals surface area contributed by atoms with Crippen molar-refractivity contribution in [3.05, 3.63) is 52.8 Å². The number of ether oxygens (including phenoxy) is 2. The Hall–Kier alpha value is -4.00. The molecule has 1 saturated heterocycles. The van der Waals surface area contributed by atoms with Gasteiger partial charge in [-0.05, 0) is 24.3 Å². The number of benzene rings is 2. The van der Waals surface area contributed by atoms with Crippen LogP contribution in [0.5, 0.6) is 11.5 Å². The fourth-order valence-electron chi connectivity index (χ4n) is 4.04. The number of piperazine rings is 1. The van der Waals surface area contributed by atoms with Gasteiger partial charge in [0.15, 0.2) is 0 Å². The second-order valence-electron chi connectivity index (χ2n) is 8.94. The molecule has 1 fully saturated rings. The number of halogens is 2. The topological polar surface area (TPSA) is 121 Å². The van der Waals surface area contributed by atoms with E-state index in [1.807, 2.05) is 24.3 Å². The summed E-state index contributed by atoms with van der Waals surface area (Å²) in [6, 6.07) is 10.5. The summed E-state index contributed by atoms with van der Waals surface area (Å²) in [6.45, 7) is 4.54. The van der Waals surface area contributed by atoms with Crippen molar-refractivity contribution in [3.8, 4) is 11.5 Å². The van der Waals surface area contributed by atoms with E-state index in [0.717, 1.165) is 24.5 Å². The van der Waals surface area contributed by atoms with E-state index in [9.17, 15) is 9.59 Å². The smallest absolute Gasteiger partial charge is 0.327 e. The first-order valence-electron chi connectivity index (χ1n) is 12.8. The summed E-state index contributed by atoms with van der Waals surface area (Å²) < 4.78 is 10.5. The highest BCUT2D eigenvalue weighted by Crippen LogP contribution is 2.44. The Morgan fingerprint density at radius 3 is 2.20 bits per heavy atom. The van der Waals surface area contributed by atoms with E-state index in [4.69, 9.17) is 37.5 Å². The first kappa shape index (κ1) is 30.0. The van der Waals surface area contributed by atoms with Crippen LogP contribution in [-0.2, 0) is 9.63 Å². The molecule has 218 valence electrons. The van der Waals surface area contributed by atoms with Gasteiger partial charge in [-0.2, -0.15) is 0 Å². The van der Waals surface area contributed by atoms with Crippen LogP contribution in [0.25, 0.3) is 0 Å². The van der Waals surface area contributed by atoms with Crippen molar-refractivity contribution in [2.24, 2.45) is 0 Å². The van der Waals surface area contributed by atoms with Crippen LogP contribution >= 0.6 is 23.2 Å². The monoisotopic (exact) mass is 603 g/mol. The zero-order valence-electron chi connectivity index (χ0n) is 23.1. The van der Waals surface area contributed by atoms with Gasteiger partial charge in [-0.1, -0.05) is 30.1 Å². The van der Waals surface area contributed by atoms with Gasteiger partial charge < -0.3 is 29.8 Å². The molecule has 2 aromatic carbocycles. The molecular weight excluding hydrogens is 573 g/mol. The minimum Gasteiger partial charge on any atom is -0.495 e. The molecule has 2 heterocycles. The number of carbonyl (C=O) groups excluding carboxylic acids is 2. The lowest BCUT2D eigenvalue weighted by Crippen LogP contribution is -2.47. The molecule has 0 aliphatic carbocycles. The van der Waals surface area contributed by atoms with Crippen LogP contribution < -0.4 is 29.9 Å². The molecule has 1 aromatic heterocycles. The van der Waals surface area contributed by atoms with Gasteiger partial charge in [0.25, 0.3) is 0 Å². The predicted molar refractivity (Wildman–Crippen MR) is 159 cm³/mol. The number of nitrogens with zero attached hydrogens (tertiary/aromatic N) is 5. The molecule has 0 radical (unpaired) electrons. The Morgan fingerprint density at radius 2 is 1.61 bits per heavy atom. The second-order valence-corrected chi connectivity index (χ2v) is 9.70. The summed E-state index contributed by atoms with van der Waals surface area (Å²) in [6.07, 6.45) is 1.71. The molecule has 41 heavy (non-hydrogen) atoms. The number of rotatable bonds is 9. The Morgan fingerprint density at radius 1 is 0.976 bits per heavy atom. The average Bonchev–Trinajstić information content (AvgIpc) is 2.99. The van der Waals surface area contributed by atoms with Gasteiger partial charge >= 0.3 is 12.0 Å². The van der Waals surface area contributed by atoms with Gasteiger partial charge in [-0.15, -0.1) is 5.06 Å². The van der Waals surface area contributed by atoms with Crippen molar-refractivity contribution in [1.29, 1.82) is 0 Å². The number of urea groups is 1. The van der Waals surface area contributed by atoms with Crippen molar-refractivity contribution >= 4 is 63.9 Å². The molecule has 0 atom stereocenters. The zero-order valence-corrected chi connectivity index (χ0v) is 24.6. The standard InChI is InChI=1S/C27H31Cl2N7O5/c1-5-23(37)41-36-12-10-35(11-13-36)18-8-6-17(7-9-18)32-21-15-22(31-16-30-21)34(2)27(38)33-26-24(28)19(39-3)14-20(40-4)25(26)29/h6-9,14-16H,5,10-13H2,1-4H3,(H,33,38)(H,30,31,32).